The maximum absolute atomic E-state index is 4.95. The number of halogens is 1. The second kappa shape index (κ2) is 5.72. The zero-order valence-electron chi connectivity index (χ0n) is 8.57. The van der Waals surface area contributed by atoms with E-state index < -0.39 is 0 Å². The molecule has 16 heavy (non-hydrogen) atoms. The van der Waals surface area contributed by atoms with Gasteiger partial charge in [-0.05, 0) is 28.1 Å². The lowest BCUT2D eigenvalue weighted by molar-refractivity contribution is 0.211. The number of thiophene rings is 1. The molecule has 0 aliphatic heterocycles. The Kier molecular flexibility index (Phi) is 4.28. The molecule has 7 heteroatoms. The Hall–Kier alpha value is -0.500. The summed E-state index contributed by atoms with van der Waals surface area (Å²) in [6, 6.07) is 4.01. The zero-order chi connectivity index (χ0) is 11.4. The van der Waals surface area contributed by atoms with Gasteiger partial charge in [0.05, 0.1) is 15.3 Å². The van der Waals surface area contributed by atoms with Crippen LogP contribution < -0.4 is 5.32 Å². The summed E-state index contributed by atoms with van der Waals surface area (Å²) in [7, 11) is 1.68. The van der Waals surface area contributed by atoms with Crippen molar-refractivity contribution in [1.29, 1.82) is 0 Å². The summed E-state index contributed by atoms with van der Waals surface area (Å²) in [6.45, 7) is 1.42. The Balaban J connectivity index is 2.02. The Morgan fingerprint density at radius 2 is 2.38 bits per heavy atom. The van der Waals surface area contributed by atoms with E-state index in [-0.39, 0.29) is 0 Å². The summed E-state index contributed by atoms with van der Waals surface area (Å²) in [4.78, 5) is 5.47. The average molecular weight is 320 g/mol. The normalized spacial score (nSPS) is 10.6. The van der Waals surface area contributed by atoms with E-state index in [1.807, 2.05) is 12.1 Å². The van der Waals surface area contributed by atoms with Crippen molar-refractivity contribution >= 4 is 43.9 Å². The lowest BCUT2D eigenvalue weighted by Gasteiger charge is -1.98. The first kappa shape index (κ1) is 12.0. The molecule has 0 aromatic carbocycles. The van der Waals surface area contributed by atoms with Crippen molar-refractivity contribution in [1.82, 2.24) is 9.36 Å². The molecule has 2 aromatic heterocycles. The second-order valence-corrected chi connectivity index (χ2v) is 6.16. The molecule has 0 atom stereocenters. The second-order valence-electron chi connectivity index (χ2n) is 2.95. The number of rotatable bonds is 5. The molecule has 1 N–H and O–H groups in total. The molecule has 0 fully saturated rings. The summed E-state index contributed by atoms with van der Waals surface area (Å²) in [5.74, 6) is 0.778. The molecular weight excluding hydrogens is 310 g/mol. The van der Waals surface area contributed by atoms with Crippen LogP contribution in [0.1, 0.15) is 0 Å². The highest BCUT2D eigenvalue weighted by Gasteiger charge is 2.08. The zero-order valence-corrected chi connectivity index (χ0v) is 11.8. The van der Waals surface area contributed by atoms with Crippen molar-refractivity contribution < 1.29 is 4.74 Å². The number of hydrogen-bond acceptors (Lipinski definition) is 6. The van der Waals surface area contributed by atoms with Crippen LogP contribution in [0.5, 0.6) is 0 Å². The van der Waals surface area contributed by atoms with Crippen LogP contribution in [0.4, 0.5) is 5.13 Å². The summed E-state index contributed by atoms with van der Waals surface area (Å²) in [5, 5.41) is 3.99. The van der Waals surface area contributed by atoms with Crippen LogP contribution >= 0.6 is 38.8 Å². The molecule has 4 nitrogen and oxygen atoms in total. The highest BCUT2D eigenvalue weighted by atomic mass is 79.9. The van der Waals surface area contributed by atoms with Crippen molar-refractivity contribution in [2.24, 2.45) is 0 Å². The van der Waals surface area contributed by atoms with E-state index in [4.69, 9.17) is 4.74 Å². The quantitative estimate of drug-likeness (QED) is 0.860. The highest BCUT2D eigenvalue weighted by Crippen LogP contribution is 2.30. The fourth-order valence-corrected chi connectivity index (χ4v) is 3.07. The Bertz CT molecular complexity index is 457. The number of nitrogens with one attached hydrogen (secondary N) is 1. The van der Waals surface area contributed by atoms with Gasteiger partial charge < -0.3 is 10.1 Å². The molecule has 0 unspecified atom stereocenters. The average Bonchev–Trinajstić information content (AvgIpc) is 2.87. The number of nitrogens with zero attached hydrogens (tertiary/aromatic N) is 2. The highest BCUT2D eigenvalue weighted by molar-refractivity contribution is 9.11. The van der Waals surface area contributed by atoms with Gasteiger partial charge >= 0.3 is 0 Å². The molecule has 2 rings (SSSR count). The van der Waals surface area contributed by atoms with Gasteiger partial charge in [-0.1, -0.05) is 0 Å². The molecule has 0 aliphatic rings. The molecule has 0 amide bonds. The summed E-state index contributed by atoms with van der Waals surface area (Å²) in [6.07, 6.45) is 0. The maximum atomic E-state index is 4.95. The van der Waals surface area contributed by atoms with Crippen LogP contribution in [0.15, 0.2) is 15.9 Å². The molecule has 0 saturated heterocycles. The third-order valence-corrected chi connectivity index (χ3v) is 4.09. The number of ether oxygens (including phenoxy) is 1. The third-order valence-electron chi connectivity index (χ3n) is 1.80. The van der Waals surface area contributed by atoms with E-state index in [0.717, 1.165) is 26.2 Å². The van der Waals surface area contributed by atoms with Gasteiger partial charge in [0.15, 0.2) is 5.82 Å². The van der Waals surface area contributed by atoms with Gasteiger partial charge in [0, 0.05) is 25.2 Å². The summed E-state index contributed by atoms with van der Waals surface area (Å²) >= 11 is 6.42. The molecule has 0 bridgehead atoms. The minimum atomic E-state index is 0.666. The van der Waals surface area contributed by atoms with Crippen LogP contribution in [-0.4, -0.2) is 29.6 Å². The van der Waals surface area contributed by atoms with Crippen LogP contribution in [0.2, 0.25) is 0 Å². The van der Waals surface area contributed by atoms with Crippen molar-refractivity contribution in [3.63, 3.8) is 0 Å². The van der Waals surface area contributed by atoms with E-state index in [9.17, 15) is 0 Å². The fraction of sp³-hybridized carbons (Fsp3) is 0.333. The minimum absolute atomic E-state index is 0.666. The standard InChI is InChI=1S/C9H10BrN3OS2/c1-14-5-4-11-9-12-8(13-16-9)6-2-3-7(10)15-6/h2-3H,4-5H2,1H3,(H,11,12,13). The van der Waals surface area contributed by atoms with Gasteiger partial charge in [0.25, 0.3) is 0 Å². The molecule has 2 aromatic rings. The minimum Gasteiger partial charge on any atom is -0.383 e. The van der Waals surface area contributed by atoms with Gasteiger partial charge in [-0.25, -0.2) is 0 Å². The van der Waals surface area contributed by atoms with E-state index >= 15 is 0 Å². The first-order chi connectivity index (χ1) is 7.79. The predicted molar refractivity (Wildman–Crippen MR) is 71.3 cm³/mol. The molecule has 0 spiro atoms. The maximum Gasteiger partial charge on any atom is 0.203 e. The smallest absolute Gasteiger partial charge is 0.203 e. The van der Waals surface area contributed by atoms with Gasteiger partial charge in [0.1, 0.15) is 0 Å². The van der Waals surface area contributed by atoms with E-state index in [1.165, 1.54) is 11.5 Å². The van der Waals surface area contributed by atoms with E-state index in [0.29, 0.717) is 6.61 Å². The summed E-state index contributed by atoms with van der Waals surface area (Å²) < 4.78 is 10.3. The molecule has 0 aliphatic carbocycles. The topological polar surface area (TPSA) is 47.0 Å². The molecule has 2 heterocycles. The monoisotopic (exact) mass is 319 g/mol. The van der Waals surface area contributed by atoms with Crippen molar-refractivity contribution in [3.05, 3.63) is 15.9 Å². The van der Waals surface area contributed by atoms with Crippen molar-refractivity contribution in [3.8, 4) is 10.7 Å². The van der Waals surface area contributed by atoms with E-state index in [2.05, 4.69) is 30.6 Å². The van der Waals surface area contributed by atoms with Crippen LogP contribution in [-0.2, 0) is 4.74 Å². The van der Waals surface area contributed by atoms with Gasteiger partial charge in [-0.15, -0.1) is 11.3 Å². The number of anilines is 1. The summed E-state index contributed by atoms with van der Waals surface area (Å²) in [5.41, 5.74) is 0. The van der Waals surface area contributed by atoms with Gasteiger partial charge in [-0.2, -0.15) is 9.36 Å². The van der Waals surface area contributed by atoms with E-state index in [1.54, 1.807) is 18.4 Å². The molecule has 0 radical (unpaired) electrons. The van der Waals surface area contributed by atoms with Crippen LogP contribution in [0.3, 0.4) is 0 Å². The van der Waals surface area contributed by atoms with Gasteiger partial charge in [0.2, 0.25) is 5.13 Å². The first-order valence-electron chi connectivity index (χ1n) is 4.62. The lowest BCUT2D eigenvalue weighted by atomic mass is 10.4. The lowest BCUT2D eigenvalue weighted by Crippen LogP contribution is -2.06. The van der Waals surface area contributed by atoms with Crippen LogP contribution in [0, 0.1) is 0 Å². The van der Waals surface area contributed by atoms with Crippen LogP contribution in [0.25, 0.3) is 10.7 Å². The fourth-order valence-electron chi connectivity index (χ4n) is 1.09. The third kappa shape index (κ3) is 3.00. The Morgan fingerprint density at radius 3 is 3.06 bits per heavy atom. The predicted octanol–water partition coefficient (Wildman–Crippen LogP) is 3.09. The molecule has 0 saturated carbocycles. The Labute approximate surface area is 110 Å². The number of methoxy groups -OCH3 is 1. The molecular formula is C9H10BrN3OS2. The Morgan fingerprint density at radius 1 is 1.50 bits per heavy atom. The van der Waals surface area contributed by atoms with Crippen molar-refractivity contribution in [2.75, 3.05) is 25.6 Å². The van der Waals surface area contributed by atoms with Gasteiger partial charge in [-0.3, -0.25) is 0 Å². The first-order valence-corrected chi connectivity index (χ1v) is 7.00. The largest absolute Gasteiger partial charge is 0.383 e. The van der Waals surface area contributed by atoms with Crippen molar-refractivity contribution in [2.45, 2.75) is 0 Å². The SMILES string of the molecule is COCCNc1nc(-c2ccc(Br)s2)ns1. The number of aromatic nitrogens is 2. The number of hydrogen-bond donors (Lipinski definition) is 1. The molecule has 86 valence electrons.